The van der Waals surface area contributed by atoms with E-state index in [1.54, 1.807) is 18.2 Å². The van der Waals surface area contributed by atoms with Crippen molar-refractivity contribution in [3.05, 3.63) is 42.4 Å². The van der Waals surface area contributed by atoms with E-state index in [1.165, 1.54) is 18.4 Å². The fourth-order valence-electron chi connectivity index (χ4n) is 2.98. The lowest BCUT2D eigenvalue weighted by molar-refractivity contribution is 0.0996. The molecule has 0 fully saturated rings. The number of fused-ring (bicyclic) bond motifs is 1. The van der Waals surface area contributed by atoms with E-state index in [-0.39, 0.29) is 16.6 Å². The first-order valence-electron chi connectivity index (χ1n) is 8.92. The van der Waals surface area contributed by atoms with Gasteiger partial charge in [0.1, 0.15) is 10.7 Å². The Labute approximate surface area is 159 Å². The van der Waals surface area contributed by atoms with Crippen molar-refractivity contribution >= 4 is 33.1 Å². The largest absolute Gasteiger partial charge is 0.459 e. The van der Waals surface area contributed by atoms with E-state index < -0.39 is 15.9 Å². The second-order valence-corrected chi connectivity index (χ2v) is 8.42. The summed E-state index contributed by atoms with van der Waals surface area (Å²) >= 11 is 0. The van der Waals surface area contributed by atoms with Crippen LogP contribution in [-0.2, 0) is 10.0 Å². The van der Waals surface area contributed by atoms with Crippen LogP contribution in [0.5, 0.6) is 0 Å². The number of rotatable bonds is 6. The van der Waals surface area contributed by atoms with Crippen LogP contribution in [0.25, 0.3) is 0 Å². The minimum Gasteiger partial charge on any atom is -0.459 e. The molecule has 144 valence electrons. The van der Waals surface area contributed by atoms with Gasteiger partial charge in [0.15, 0.2) is 5.76 Å². The number of furan rings is 1. The van der Waals surface area contributed by atoms with Crippen LogP contribution in [0.4, 0.5) is 11.4 Å². The Kier molecular flexibility index (Phi) is 5.36. The SMILES string of the molecule is CCCN1C(CC(C)C)=NS(=O)(=O)c2cc(NC(=O)c3ccco3)ccc21. The zero-order valence-electron chi connectivity index (χ0n) is 15.6. The molecule has 0 aliphatic carbocycles. The fourth-order valence-corrected chi connectivity index (χ4v) is 4.25. The van der Waals surface area contributed by atoms with Gasteiger partial charge in [-0.1, -0.05) is 20.8 Å². The van der Waals surface area contributed by atoms with Gasteiger partial charge in [0.2, 0.25) is 0 Å². The highest BCUT2D eigenvalue weighted by molar-refractivity contribution is 7.90. The summed E-state index contributed by atoms with van der Waals surface area (Å²) in [6.45, 7) is 6.77. The molecule has 1 aromatic heterocycles. The number of sulfonamides is 1. The Morgan fingerprint density at radius 3 is 2.70 bits per heavy atom. The number of anilines is 2. The molecule has 1 aromatic carbocycles. The predicted octanol–water partition coefficient (Wildman–Crippen LogP) is 3.90. The lowest BCUT2D eigenvalue weighted by Crippen LogP contribution is -2.37. The van der Waals surface area contributed by atoms with Crippen LogP contribution in [0.15, 0.2) is 50.3 Å². The summed E-state index contributed by atoms with van der Waals surface area (Å²) in [5.41, 5.74) is 0.969. The third kappa shape index (κ3) is 4.05. The average Bonchev–Trinajstić information content (AvgIpc) is 3.12. The quantitative estimate of drug-likeness (QED) is 0.809. The number of carbonyl (C=O) groups excluding carboxylic acids is 1. The molecule has 0 saturated heterocycles. The van der Waals surface area contributed by atoms with E-state index in [2.05, 4.69) is 9.71 Å². The molecule has 27 heavy (non-hydrogen) atoms. The molecule has 8 heteroatoms. The highest BCUT2D eigenvalue weighted by Gasteiger charge is 2.31. The minimum absolute atomic E-state index is 0.0979. The first-order valence-corrected chi connectivity index (χ1v) is 10.4. The van der Waals surface area contributed by atoms with Crippen molar-refractivity contribution in [2.24, 2.45) is 10.3 Å². The number of hydrogen-bond donors (Lipinski definition) is 1. The van der Waals surface area contributed by atoms with Crippen molar-refractivity contribution in [3.63, 3.8) is 0 Å². The average molecular weight is 389 g/mol. The normalized spacial score (nSPS) is 15.4. The summed E-state index contributed by atoms with van der Waals surface area (Å²) < 4.78 is 34.6. The summed E-state index contributed by atoms with van der Waals surface area (Å²) in [5.74, 6) is 0.557. The van der Waals surface area contributed by atoms with Crippen molar-refractivity contribution in [1.29, 1.82) is 0 Å². The number of nitrogens with zero attached hydrogens (tertiary/aromatic N) is 2. The topological polar surface area (TPSA) is 92.0 Å². The highest BCUT2D eigenvalue weighted by Crippen LogP contribution is 2.35. The van der Waals surface area contributed by atoms with E-state index in [0.717, 1.165) is 6.42 Å². The van der Waals surface area contributed by atoms with Gasteiger partial charge in [-0.3, -0.25) is 4.79 Å². The Hall–Kier alpha value is -2.61. The van der Waals surface area contributed by atoms with Gasteiger partial charge in [0.05, 0.1) is 12.0 Å². The molecule has 0 radical (unpaired) electrons. The third-order valence-corrected chi connectivity index (χ3v) is 5.44. The summed E-state index contributed by atoms with van der Waals surface area (Å²) in [6, 6.07) is 8.01. The first kappa shape index (κ1) is 19.2. The Morgan fingerprint density at radius 2 is 2.07 bits per heavy atom. The summed E-state index contributed by atoms with van der Waals surface area (Å²) in [7, 11) is -3.83. The molecule has 2 heterocycles. The Bertz CT molecular complexity index is 963. The second-order valence-electron chi connectivity index (χ2n) is 6.85. The molecule has 0 saturated carbocycles. The van der Waals surface area contributed by atoms with E-state index >= 15 is 0 Å². The van der Waals surface area contributed by atoms with E-state index in [4.69, 9.17) is 4.42 Å². The van der Waals surface area contributed by atoms with Crippen molar-refractivity contribution in [3.8, 4) is 0 Å². The van der Waals surface area contributed by atoms with E-state index in [0.29, 0.717) is 30.2 Å². The Morgan fingerprint density at radius 1 is 1.30 bits per heavy atom. The molecular formula is C19H23N3O4S. The van der Waals surface area contributed by atoms with Gasteiger partial charge in [-0.05, 0) is 42.7 Å². The molecule has 1 aliphatic heterocycles. The fraction of sp³-hybridized carbons (Fsp3) is 0.368. The lowest BCUT2D eigenvalue weighted by atomic mass is 10.1. The molecule has 0 spiro atoms. The zero-order chi connectivity index (χ0) is 19.6. The van der Waals surface area contributed by atoms with Crippen LogP contribution >= 0.6 is 0 Å². The smallest absolute Gasteiger partial charge is 0.291 e. The van der Waals surface area contributed by atoms with Gasteiger partial charge >= 0.3 is 0 Å². The van der Waals surface area contributed by atoms with Crippen molar-refractivity contribution in [2.75, 3.05) is 16.8 Å². The van der Waals surface area contributed by atoms with Gasteiger partial charge in [-0.25, -0.2) is 0 Å². The molecule has 2 aromatic rings. The number of amidine groups is 1. The second kappa shape index (κ2) is 7.56. The summed E-state index contributed by atoms with van der Waals surface area (Å²) in [5, 5.41) is 2.66. The highest BCUT2D eigenvalue weighted by atomic mass is 32.2. The van der Waals surface area contributed by atoms with Crippen LogP contribution in [0.1, 0.15) is 44.2 Å². The van der Waals surface area contributed by atoms with Crippen LogP contribution in [0, 0.1) is 5.92 Å². The summed E-state index contributed by atoms with van der Waals surface area (Å²) in [4.78, 5) is 14.2. The molecule has 0 bridgehead atoms. The number of carbonyl (C=O) groups is 1. The molecule has 0 unspecified atom stereocenters. The van der Waals surface area contributed by atoms with Crippen molar-refractivity contribution < 1.29 is 17.6 Å². The lowest BCUT2D eigenvalue weighted by Gasteiger charge is -2.31. The monoisotopic (exact) mass is 389 g/mol. The van der Waals surface area contributed by atoms with Gasteiger partial charge in [0, 0.05) is 18.7 Å². The predicted molar refractivity (Wildman–Crippen MR) is 105 cm³/mol. The summed E-state index contributed by atoms with van der Waals surface area (Å²) in [6.07, 6.45) is 2.84. The van der Waals surface area contributed by atoms with Gasteiger partial charge in [-0.15, -0.1) is 4.40 Å². The van der Waals surface area contributed by atoms with Crippen LogP contribution in [0.2, 0.25) is 0 Å². The standard InChI is InChI=1S/C19H23N3O4S/c1-4-9-22-15-8-7-14(20-19(23)16-6-5-10-26-16)12-17(15)27(24,25)21-18(22)11-13(2)3/h5-8,10,12-13H,4,9,11H2,1-3H3,(H,20,23). The third-order valence-electron chi connectivity index (χ3n) is 4.11. The van der Waals surface area contributed by atoms with Crippen LogP contribution < -0.4 is 10.2 Å². The molecular weight excluding hydrogens is 366 g/mol. The zero-order valence-corrected chi connectivity index (χ0v) is 16.4. The number of hydrogen-bond acceptors (Lipinski definition) is 5. The maximum atomic E-state index is 12.7. The molecule has 1 N–H and O–H groups in total. The molecule has 7 nitrogen and oxygen atoms in total. The first-order chi connectivity index (χ1) is 12.8. The maximum Gasteiger partial charge on any atom is 0.291 e. The van der Waals surface area contributed by atoms with Crippen LogP contribution in [-0.4, -0.2) is 26.7 Å². The van der Waals surface area contributed by atoms with E-state index in [9.17, 15) is 13.2 Å². The number of benzene rings is 1. The number of amides is 1. The molecule has 1 aliphatic rings. The van der Waals surface area contributed by atoms with Crippen molar-refractivity contribution in [2.45, 2.75) is 38.5 Å². The Balaban J connectivity index is 1.98. The van der Waals surface area contributed by atoms with Gasteiger partial charge < -0.3 is 14.6 Å². The number of nitrogens with one attached hydrogen (secondary N) is 1. The van der Waals surface area contributed by atoms with Crippen molar-refractivity contribution in [1.82, 2.24) is 0 Å². The van der Waals surface area contributed by atoms with Crippen LogP contribution in [0.3, 0.4) is 0 Å². The van der Waals surface area contributed by atoms with Gasteiger partial charge in [-0.2, -0.15) is 8.42 Å². The van der Waals surface area contributed by atoms with Gasteiger partial charge in [0.25, 0.3) is 15.9 Å². The molecule has 3 rings (SSSR count). The molecule has 0 atom stereocenters. The molecule has 1 amide bonds. The minimum atomic E-state index is -3.83. The van der Waals surface area contributed by atoms with E-state index in [1.807, 2.05) is 25.7 Å². The maximum absolute atomic E-state index is 12.7.